The van der Waals surface area contributed by atoms with E-state index in [0.29, 0.717) is 22.7 Å². The molecule has 126 valence electrons. The van der Waals surface area contributed by atoms with Crippen LogP contribution in [0.1, 0.15) is 23.6 Å². The number of aromatic amines is 1. The van der Waals surface area contributed by atoms with Crippen LogP contribution in [0.3, 0.4) is 0 Å². The van der Waals surface area contributed by atoms with E-state index in [1.165, 1.54) is 18.5 Å². The monoisotopic (exact) mass is 357 g/mol. The number of hydrogen-bond acceptors (Lipinski definition) is 5. The van der Waals surface area contributed by atoms with Crippen molar-refractivity contribution in [3.05, 3.63) is 41.7 Å². The van der Waals surface area contributed by atoms with Gasteiger partial charge in [0.2, 0.25) is 0 Å². The first-order chi connectivity index (χ1) is 11.2. The fourth-order valence-corrected chi connectivity index (χ4v) is 2.96. The Hall–Kier alpha value is -2.36. The molecule has 0 saturated carbocycles. The highest BCUT2D eigenvalue weighted by atomic mass is 32.2. The van der Waals surface area contributed by atoms with Crippen molar-refractivity contribution in [2.24, 2.45) is 0 Å². The molecule has 0 fully saturated rings. The van der Waals surface area contributed by atoms with Crippen LogP contribution in [0.15, 0.2) is 29.7 Å². The standard InChI is InChI=1S/C14H11F4N5S/c1-6(9-2-7-8(15)4-20-10(7)5-21-9)24-13-22-11(14(16,17)18)3-12(19)23-13/h2-6,20H,1H3,(H2,19,22,23). The molecule has 24 heavy (non-hydrogen) atoms. The number of nitrogens with one attached hydrogen (secondary N) is 1. The van der Waals surface area contributed by atoms with Crippen LogP contribution in [0.2, 0.25) is 0 Å². The minimum Gasteiger partial charge on any atom is -0.384 e. The number of rotatable bonds is 3. The van der Waals surface area contributed by atoms with Crippen molar-refractivity contribution in [1.29, 1.82) is 0 Å². The fraction of sp³-hybridized carbons (Fsp3) is 0.214. The number of H-pyrrole nitrogens is 1. The van der Waals surface area contributed by atoms with Gasteiger partial charge in [0, 0.05) is 17.6 Å². The number of pyridine rings is 1. The molecule has 0 aliphatic carbocycles. The molecule has 10 heteroatoms. The first kappa shape index (κ1) is 16.5. The van der Waals surface area contributed by atoms with Gasteiger partial charge in [0.25, 0.3) is 0 Å². The third-order valence-electron chi connectivity index (χ3n) is 3.25. The molecule has 3 heterocycles. The summed E-state index contributed by atoms with van der Waals surface area (Å²) in [5.41, 5.74) is 5.34. The normalized spacial score (nSPS) is 13.4. The smallest absolute Gasteiger partial charge is 0.384 e. The molecule has 0 aliphatic heterocycles. The summed E-state index contributed by atoms with van der Waals surface area (Å²) in [5.74, 6) is -0.697. The summed E-state index contributed by atoms with van der Waals surface area (Å²) in [6.45, 7) is 1.71. The summed E-state index contributed by atoms with van der Waals surface area (Å²) in [4.78, 5) is 14.2. The van der Waals surface area contributed by atoms with E-state index < -0.39 is 22.9 Å². The lowest BCUT2D eigenvalue weighted by molar-refractivity contribution is -0.141. The van der Waals surface area contributed by atoms with Crippen LogP contribution in [0, 0.1) is 5.82 Å². The topological polar surface area (TPSA) is 80.5 Å². The molecule has 0 spiro atoms. The average Bonchev–Trinajstić information content (AvgIpc) is 2.86. The Morgan fingerprint density at radius 1 is 1.25 bits per heavy atom. The van der Waals surface area contributed by atoms with Gasteiger partial charge in [0.15, 0.2) is 10.9 Å². The van der Waals surface area contributed by atoms with Crippen molar-refractivity contribution in [2.75, 3.05) is 5.73 Å². The SMILES string of the molecule is CC(Sc1nc(N)cc(C(F)(F)F)n1)c1cc2c(F)c[nH]c2cn1. The van der Waals surface area contributed by atoms with Crippen molar-refractivity contribution in [1.82, 2.24) is 19.9 Å². The summed E-state index contributed by atoms with van der Waals surface area (Å²) in [6.07, 6.45) is -1.93. The Balaban J connectivity index is 1.89. The largest absolute Gasteiger partial charge is 0.433 e. The lowest BCUT2D eigenvalue weighted by Crippen LogP contribution is -2.11. The maximum atomic E-state index is 13.6. The molecule has 5 nitrogen and oxygen atoms in total. The third kappa shape index (κ3) is 3.28. The lowest BCUT2D eigenvalue weighted by Gasteiger charge is -2.12. The average molecular weight is 357 g/mol. The van der Waals surface area contributed by atoms with Crippen LogP contribution in [-0.4, -0.2) is 19.9 Å². The highest BCUT2D eigenvalue weighted by molar-refractivity contribution is 7.99. The van der Waals surface area contributed by atoms with E-state index in [1.807, 2.05) is 0 Å². The Labute approximate surface area is 137 Å². The minimum absolute atomic E-state index is 0.119. The summed E-state index contributed by atoms with van der Waals surface area (Å²) in [5, 5.41) is -0.158. The summed E-state index contributed by atoms with van der Waals surface area (Å²) >= 11 is 0.961. The number of aromatic nitrogens is 4. The van der Waals surface area contributed by atoms with Crippen LogP contribution < -0.4 is 5.73 Å². The Morgan fingerprint density at radius 2 is 2.00 bits per heavy atom. The van der Waals surface area contributed by atoms with E-state index in [0.717, 1.165) is 11.8 Å². The molecule has 3 aromatic heterocycles. The predicted molar refractivity (Wildman–Crippen MR) is 81.8 cm³/mol. The predicted octanol–water partition coefficient (Wildman–Crippen LogP) is 3.95. The van der Waals surface area contributed by atoms with Crippen molar-refractivity contribution < 1.29 is 17.6 Å². The number of nitrogen functional groups attached to an aromatic ring is 1. The number of hydrogen-bond donors (Lipinski definition) is 2. The number of alkyl halides is 3. The Morgan fingerprint density at radius 3 is 2.71 bits per heavy atom. The van der Waals surface area contributed by atoms with E-state index in [1.54, 1.807) is 6.92 Å². The van der Waals surface area contributed by atoms with Crippen LogP contribution in [-0.2, 0) is 6.18 Å². The zero-order chi connectivity index (χ0) is 17.5. The van der Waals surface area contributed by atoms with Crippen molar-refractivity contribution in [3.63, 3.8) is 0 Å². The molecule has 0 radical (unpaired) electrons. The van der Waals surface area contributed by atoms with Crippen LogP contribution in [0.25, 0.3) is 10.9 Å². The quantitative estimate of drug-likeness (QED) is 0.421. The first-order valence-electron chi connectivity index (χ1n) is 6.75. The van der Waals surface area contributed by atoms with Gasteiger partial charge in [0.1, 0.15) is 11.6 Å². The molecule has 0 saturated heterocycles. The Kier molecular flexibility index (Phi) is 4.08. The van der Waals surface area contributed by atoms with Crippen molar-refractivity contribution in [2.45, 2.75) is 23.5 Å². The number of halogens is 4. The lowest BCUT2D eigenvalue weighted by atomic mass is 10.2. The van der Waals surface area contributed by atoms with Crippen molar-refractivity contribution in [3.8, 4) is 0 Å². The molecule has 3 rings (SSSR count). The molecule has 0 amide bonds. The van der Waals surface area contributed by atoms with E-state index >= 15 is 0 Å². The second kappa shape index (κ2) is 5.93. The van der Waals surface area contributed by atoms with E-state index in [9.17, 15) is 17.6 Å². The molecule has 1 unspecified atom stereocenters. The molecular weight excluding hydrogens is 346 g/mol. The van der Waals surface area contributed by atoms with Gasteiger partial charge < -0.3 is 10.7 Å². The minimum atomic E-state index is -4.61. The second-order valence-corrected chi connectivity index (χ2v) is 6.32. The van der Waals surface area contributed by atoms with Crippen LogP contribution in [0.5, 0.6) is 0 Å². The summed E-state index contributed by atoms with van der Waals surface area (Å²) in [7, 11) is 0. The van der Waals surface area contributed by atoms with Gasteiger partial charge in [-0.1, -0.05) is 11.8 Å². The molecule has 0 aliphatic rings. The highest BCUT2D eigenvalue weighted by Gasteiger charge is 2.33. The summed E-state index contributed by atoms with van der Waals surface area (Å²) < 4.78 is 52.0. The zero-order valence-electron chi connectivity index (χ0n) is 12.2. The third-order valence-corrected chi connectivity index (χ3v) is 4.24. The Bertz CT molecular complexity index is 892. The van der Waals surface area contributed by atoms with Gasteiger partial charge in [-0.05, 0) is 13.0 Å². The number of thioether (sulfide) groups is 1. The zero-order valence-corrected chi connectivity index (χ0v) is 13.0. The summed E-state index contributed by atoms with van der Waals surface area (Å²) in [6, 6.07) is 2.21. The van der Waals surface area contributed by atoms with Gasteiger partial charge in [-0.2, -0.15) is 13.2 Å². The molecule has 1 atom stereocenters. The van der Waals surface area contributed by atoms with Gasteiger partial charge in [-0.3, -0.25) is 4.98 Å². The molecule has 0 aromatic carbocycles. The first-order valence-corrected chi connectivity index (χ1v) is 7.63. The van der Waals surface area contributed by atoms with Gasteiger partial charge >= 0.3 is 6.18 Å². The molecule has 3 N–H and O–H groups in total. The maximum absolute atomic E-state index is 13.6. The molecule has 3 aromatic rings. The number of nitrogens with zero attached hydrogens (tertiary/aromatic N) is 3. The number of fused-ring (bicyclic) bond motifs is 1. The van der Waals surface area contributed by atoms with Gasteiger partial charge in [-0.25, -0.2) is 14.4 Å². The van der Waals surface area contributed by atoms with Crippen LogP contribution in [0.4, 0.5) is 23.4 Å². The van der Waals surface area contributed by atoms with Gasteiger partial charge in [0.05, 0.1) is 22.7 Å². The fourth-order valence-electron chi connectivity index (χ4n) is 2.08. The molecular formula is C14H11F4N5S. The number of nitrogens with two attached hydrogens (primary N) is 1. The molecule has 0 bridgehead atoms. The van der Waals surface area contributed by atoms with Crippen LogP contribution >= 0.6 is 11.8 Å². The maximum Gasteiger partial charge on any atom is 0.433 e. The highest BCUT2D eigenvalue weighted by Crippen LogP contribution is 2.35. The second-order valence-electron chi connectivity index (χ2n) is 5.01. The van der Waals surface area contributed by atoms with E-state index in [2.05, 4.69) is 19.9 Å². The van der Waals surface area contributed by atoms with E-state index in [4.69, 9.17) is 5.73 Å². The van der Waals surface area contributed by atoms with E-state index in [-0.39, 0.29) is 11.0 Å². The van der Waals surface area contributed by atoms with Gasteiger partial charge in [-0.15, -0.1) is 0 Å². The van der Waals surface area contributed by atoms with Crippen molar-refractivity contribution >= 4 is 28.5 Å². The number of anilines is 1.